The molecule has 3 aromatic rings. The average molecular weight is 330 g/mol. The number of nitrogens with one attached hydrogen (secondary N) is 1. The molecule has 1 aliphatic rings. The summed E-state index contributed by atoms with van der Waals surface area (Å²) in [6.07, 6.45) is 3.47. The van der Waals surface area contributed by atoms with Crippen molar-refractivity contribution in [3.05, 3.63) is 83.7 Å². The number of pyridine rings is 1. The lowest BCUT2D eigenvalue weighted by atomic mass is 9.96. The summed E-state index contributed by atoms with van der Waals surface area (Å²) in [6.45, 7) is 2.43. The van der Waals surface area contributed by atoms with Gasteiger partial charge in [-0.3, -0.25) is 9.78 Å². The van der Waals surface area contributed by atoms with E-state index in [4.69, 9.17) is 4.74 Å². The van der Waals surface area contributed by atoms with Gasteiger partial charge in [0.05, 0.1) is 12.2 Å². The summed E-state index contributed by atoms with van der Waals surface area (Å²) in [5.41, 5.74) is 4.84. The van der Waals surface area contributed by atoms with Gasteiger partial charge in [0.1, 0.15) is 12.4 Å². The zero-order valence-corrected chi connectivity index (χ0v) is 13.9. The molecule has 1 aromatic heterocycles. The zero-order valence-electron chi connectivity index (χ0n) is 13.9. The van der Waals surface area contributed by atoms with Crippen molar-refractivity contribution in [2.75, 3.05) is 0 Å². The van der Waals surface area contributed by atoms with Crippen molar-refractivity contribution in [2.24, 2.45) is 0 Å². The van der Waals surface area contributed by atoms with Gasteiger partial charge >= 0.3 is 0 Å². The van der Waals surface area contributed by atoms with Crippen molar-refractivity contribution in [1.82, 2.24) is 10.3 Å². The number of amides is 1. The summed E-state index contributed by atoms with van der Waals surface area (Å²) in [7, 11) is 0. The van der Waals surface area contributed by atoms with Crippen LogP contribution in [0.15, 0.2) is 67.0 Å². The smallest absolute Gasteiger partial charge is 0.251 e. The normalized spacial score (nSPS) is 13.2. The van der Waals surface area contributed by atoms with E-state index in [2.05, 4.69) is 10.3 Å². The molecule has 0 spiro atoms. The second-order valence-corrected chi connectivity index (χ2v) is 6.14. The van der Waals surface area contributed by atoms with Gasteiger partial charge in [0.2, 0.25) is 0 Å². The first-order valence-electron chi connectivity index (χ1n) is 8.28. The van der Waals surface area contributed by atoms with E-state index >= 15 is 0 Å². The molecule has 0 bridgehead atoms. The Morgan fingerprint density at radius 2 is 1.96 bits per heavy atom. The second-order valence-electron chi connectivity index (χ2n) is 6.14. The zero-order chi connectivity index (χ0) is 17.2. The standard InChI is InChI=1S/C21H18N2O2/c1-14(15-5-3-2-4-6-15)23-21(24)16-7-8-18-17(11-16)13-25-20-12-22-10-9-19(18)20/h2-12,14H,13H2,1H3,(H,23,24). The number of nitrogens with zero attached hydrogens (tertiary/aromatic N) is 1. The first-order chi connectivity index (χ1) is 12.2. The van der Waals surface area contributed by atoms with Crippen molar-refractivity contribution >= 4 is 5.91 Å². The molecule has 124 valence electrons. The minimum Gasteiger partial charge on any atom is -0.487 e. The molecule has 4 nitrogen and oxygen atoms in total. The largest absolute Gasteiger partial charge is 0.487 e. The summed E-state index contributed by atoms with van der Waals surface area (Å²) in [6, 6.07) is 17.6. The van der Waals surface area contributed by atoms with Crippen LogP contribution >= 0.6 is 0 Å². The lowest BCUT2D eigenvalue weighted by Gasteiger charge is -2.21. The molecule has 0 radical (unpaired) electrons. The van der Waals surface area contributed by atoms with Gasteiger partial charge in [0.15, 0.2) is 0 Å². The molecule has 1 aliphatic heterocycles. The SMILES string of the molecule is CC(NC(=O)c1ccc2c(c1)COc1cnccc1-2)c1ccccc1. The van der Waals surface area contributed by atoms with Crippen LogP contribution in [0.4, 0.5) is 0 Å². The van der Waals surface area contributed by atoms with E-state index in [1.807, 2.05) is 61.5 Å². The van der Waals surface area contributed by atoms with Gasteiger partial charge in [-0.25, -0.2) is 0 Å². The molecule has 1 amide bonds. The fourth-order valence-electron chi connectivity index (χ4n) is 3.10. The highest BCUT2D eigenvalue weighted by atomic mass is 16.5. The molecule has 25 heavy (non-hydrogen) atoms. The van der Waals surface area contributed by atoms with Crippen LogP contribution in [0.5, 0.6) is 5.75 Å². The number of carbonyl (C=O) groups excluding carboxylic acids is 1. The predicted octanol–water partition coefficient (Wildman–Crippen LogP) is 4.13. The summed E-state index contributed by atoms with van der Waals surface area (Å²) >= 11 is 0. The number of hydrogen-bond acceptors (Lipinski definition) is 3. The fourth-order valence-corrected chi connectivity index (χ4v) is 3.10. The molecule has 0 saturated carbocycles. The van der Waals surface area contributed by atoms with Crippen LogP contribution in [0.2, 0.25) is 0 Å². The quantitative estimate of drug-likeness (QED) is 0.785. The Morgan fingerprint density at radius 1 is 1.12 bits per heavy atom. The molecule has 0 aliphatic carbocycles. The summed E-state index contributed by atoms with van der Waals surface area (Å²) < 4.78 is 5.74. The highest BCUT2D eigenvalue weighted by Crippen LogP contribution is 2.36. The number of rotatable bonds is 3. The highest BCUT2D eigenvalue weighted by Gasteiger charge is 2.19. The van der Waals surface area contributed by atoms with Crippen LogP contribution in [-0.2, 0) is 6.61 Å². The molecule has 1 atom stereocenters. The Bertz CT molecular complexity index is 922. The van der Waals surface area contributed by atoms with E-state index in [-0.39, 0.29) is 11.9 Å². The van der Waals surface area contributed by atoms with Gasteiger partial charge in [-0.1, -0.05) is 36.4 Å². The Balaban J connectivity index is 1.57. The molecule has 1 N–H and O–H groups in total. The summed E-state index contributed by atoms with van der Waals surface area (Å²) in [5, 5.41) is 3.05. The lowest BCUT2D eigenvalue weighted by Crippen LogP contribution is -2.26. The molecule has 0 saturated heterocycles. The number of benzene rings is 2. The van der Waals surface area contributed by atoms with Crippen molar-refractivity contribution in [2.45, 2.75) is 19.6 Å². The van der Waals surface area contributed by atoms with Crippen molar-refractivity contribution in [3.63, 3.8) is 0 Å². The number of fused-ring (bicyclic) bond motifs is 3. The molecule has 0 fully saturated rings. The average Bonchev–Trinajstić information content (AvgIpc) is 2.68. The van der Waals surface area contributed by atoms with Crippen LogP contribution in [0.3, 0.4) is 0 Å². The van der Waals surface area contributed by atoms with Crippen molar-refractivity contribution in [1.29, 1.82) is 0 Å². The summed E-state index contributed by atoms with van der Waals surface area (Å²) in [5.74, 6) is 0.699. The first kappa shape index (κ1) is 15.4. The van der Waals surface area contributed by atoms with Gasteiger partial charge in [-0.2, -0.15) is 0 Å². The molecular weight excluding hydrogens is 312 g/mol. The van der Waals surface area contributed by atoms with E-state index in [1.54, 1.807) is 12.4 Å². The topological polar surface area (TPSA) is 51.2 Å². The van der Waals surface area contributed by atoms with Crippen LogP contribution < -0.4 is 10.1 Å². The number of hydrogen-bond donors (Lipinski definition) is 1. The van der Waals surface area contributed by atoms with Gasteiger partial charge in [0, 0.05) is 17.3 Å². The maximum atomic E-state index is 12.6. The monoisotopic (exact) mass is 330 g/mol. The molecular formula is C21H18N2O2. The Hall–Kier alpha value is -3.14. The van der Waals surface area contributed by atoms with Crippen LogP contribution in [0.25, 0.3) is 11.1 Å². The van der Waals surface area contributed by atoms with Crippen molar-refractivity contribution < 1.29 is 9.53 Å². The van der Waals surface area contributed by atoms with E-state index in [0.717, 1.165) is 28.0 Å². The number of ether oxygens (including phenoxy) is 1. The van der Waals surface area contributed by atoms with Gasteiger partial charge in [-0.15, -0.1) is 0 Å². The number of carbonyl (C=O) groups is 1. The third kappa shape index (κ3) is 2.98. The molecule has 4 heteroatoms. The minimum absolute atomic E-state index is 0.0483. The summed E-state index contributed by atoms with van der Waals surface area (Å²) in [4.78, 5) is 16.7. The first-order valence-corrected chi connectivity index (χ1v) is 8.28. The highest BCUT2D eigenvalue weighted by molar-refractivity contribution is 5.95. The predicted molar refractivity (Wildman–Crippen MR) is 96.3 cm³/mol. The van der Waals surface area contributed by atoms with Crippen LogP contribution in [-0.4, -0.2) is 10.9 Å². The lowest BCUT2D eigenvalue weighted by molar-refractivity contribution is 0.0939. The van der Waals surface area contributed by atoms with E-state index in [1.165, 1.54) is 0 Å². The Morgan fingerprint density at radius 3 is 2.80 bits per heavy atom. The second kappa shape index (κ2) is 6.40. The number of aromatic nitrogens is 1. The van der Waals surface area contributed by atoms with E-state index in [0.29, 0.717) is 12.2 Å². The molecule has 2 heterocycles. The van der Waals surface area contributed by atoms with E-state index < -0.39 is 0 Å². The van der Waals surface area contributed by atoms with Crippen molar-refractivity contribution in [3.8, 4) is 16.9 Å². The van der Waals surface area contributed by atoms with Gasteiger partial charge in [-0.05, 0) is 41.8 Å². The third-order valence-electron chi connectivity index (χ3n) is 4.47. The molecule has 4 rings (SSSR count). The Kier molecular flexibility index (Phi) is 3.94. The van der Waals surface area contributed by atoms with Gasteiger partial charge in [0.25, 0.3) is 5.91 Å². The van der Waals surface area contributed by atoms with Gasteiger partial charge < -0.3 is 10.1 Å². The maximum Gasteiger partial charge on any atom is 0.251 e. The Labute approximate surface area is 146 Å². The molecule has 2 aromatic carbocycles. The fraction of sp³-hybridized carbons (Fsp3) is 0.143. The van der Waals surface area contributed by atoms with Crippen LogP contribution in [0, 0.1) is 0 Å². The maximum absolute atomic E-state index is 12.6. The van der Waals surface area contributed by atoms with E-state index in [9.17, 15) is 4.79 Å². The van der Waals surface area contributed by atoms with Crippen LogP contribution in [0.1, 0.15) is 34.5 Å². The molecule has 1 unspecified atom stereocenters. The third-order valence-corrected chi connectivity index (χ3v) is 4.47. The minimum atomic E-state index is -0.0836.